The normalized spacial score (nSPS) is 12.8. The van der Waals surface area contributed by atoms with Crippen molar-refractivity contribution in [3.8, 4) is 22.6 Å². The van der Waals surface area contributed by atoms with Crippen molar-refractivity contribution < 1.29 is 17.4 Å². The number of benzene rings is 5. The number of fused-ring (bicyclic) bond motifs is 3. The lowest BCUT2D eigenvalue weighted by Gasteiger charge is -2.34. The topological polar surface area (TPSA) is 44.7 Å². The average Bonchev–Trinajstić information content (AvgIpc) is 3.37. The van der Waals surface area contributed by atoms with Crippen molar-refractivity contribution in [3.05, 3.63) is 131 Å². The third-order valence-electron chi connectivity index (χ3n) is 12.9. The monoisotopic (exact) mass is 802 g/mol. The molecular formula is C51H64O4P2. The Balaban J connectivity index is 1.74. The van der Waals surface area contributed by atoms with E-state index in [0.717, 1.165) is 82.0 Å². The van der Waals surface area contributed by atoms with Crippen molar-refractivity contribution in [2.24, 2.45) is 0 Å². The van der Waals surface area contributed by atoms with Crippen LogP contribution in [0.3, 0.4) is 0 Å². The van der Waals surface area contributed by atoms with Crippen LogP contribution in [0.4, 0.5) is 0 Å². The van der Waals surface area contributed by atoms with Gasteiger partial charge in [-0.05, 0) is 88.3 Å². The smallest absolute Gasteiger partial charge is 0.453 e. The molecule has 4 nitrogen and oxygen atoms in total. The molecule has 0 N–H and O–H groups in total. The van der Waals surface area contributed by atoms with Crippen LogP contribution in [0.1, 0.15) is 137 Å². The summed E-state index contributed by atoms with van der Waals surface area (Å²) in [5, 5.41) is 1.99. The Hall–Kier alpha value is -3.97. The molecule has 0 saturated carbocycles. The van der Waals surface area contributed by atoms with Crippen molar-refractivity contribution in [1.29, 1.82) is 0 Å². The minimum Gasteiger partial charge on any atom is -0.476 e. The first-order valence-electron chi connectivity index (χ1n) is 20.9. The number of para-hydroxylation sites is 2. The van der Waals surface area contributed by atoms with E-state index in [1.54, 1.807) is 0 Å². The van der Waals surface area contributed by atoms with Crippen LogP contribution in [0.2, 0.25) is 0 Å². The standard InChI is InChI=1S/C51H64O4P2/c1-13-48(5,6)36-30-40(46(42(32-36)50(9,10)15-3)52-56-34-35-24-18-17-19-25-35)41-31-37(49(7,8)14-2)33-43(51(11,12)16-4)47(41)55-57-53-44-28-22-20-26-38(44)39-27-21-23-29-45(39)54-57/h17-33,56H,13-16,34H2,1-12H3. The Morgan fingerprint density at radius 1 is 0.509 bits per heavy atom. The van der Waals surface area contributed by atoms with Crippen LogP contribution < -0.4 is 9.05 Å². The predicted octanol–water partition coefficient (Wildman–Crippen LogP) is 16.7. The molecule has 6 rings (SSSR count). The van der Waals surface area contributed by atoms with Gasteiger partial charge >= 0.3 is 8.24 Å². The maximum Gasteiger partial charge on any atom is 0.453 e. The zero-order valence-electron chi connectivity index (χ0n) is 36.4. The molecule has 1 unspecified atom stereocenters. The van der Waals surface area contributed by atoms with E-state index in [1.807, 2.05) is 36.4 Å². The SMILES string of the molecule is CCC(C)(C)c1cc(-c2cc(C(C)(C)CC)cc(C(C)(C)CC)c2Op2oc3ccccc3c3ccccc3o2)c(OPCc2ccccc2)c(C(C)(C)CC)c1. The van der Waals surface area contributed by atoms with Crippen LogP contribution in [0.5, 0.6) is 11.5 Å². The van der Waals surface area contributed by atoms with Gasteiger partial charge in [0.2, 0.25) is 0 Å². The second kappa shape index (κ2) is 17.1. The molecule has 1 heterocycles. The summed E-state index contributed by atoms with van der Waals surface area (Å²) in [6.07, 6.45) is 4.71. The first kappa shape index (κ1) is 42.6. The van der Waals surface area contributed by atoms with Crippen LogP contribution in [0.25, 0.3) is 33.1 Å². The molecule has 0 bridgehead atoms. The highest BCUT2D eigenvalue weighted by Gasteiger charge is 2.35. The van der Waals surface area contributed by atoms with Crippen molar-refractivity contribution in [2.75, 3.05) is 0 Å². The maximum absolute atomic E-state index is 7.35. The third kappa shape index (κ3) is 9.04. The van der Waals surface area contributed by atoms with Crippen molar-refractivity contribution in [2.45, 2.75) is 137 Å². The fourth-order valence-corrected chi connectivity index (χ4v) is 8.99. The quantitative estimate of drug-likeness (QED) is 0.0970. The molecule has 302 valence electrons. The molecule has 0 aliphatic rings. The van der Waals surface area contributed by atoms with Gasteiger partial charge in [0.1, 0.15) is 22.7 Å². The molecule has 0 aliphatic heterocycles. The Bertz CT molecular complexity index is 2310. The van der Waals surface area contributed by atoms with Crippen molar-refractivity contribution >= 4 is 39.0 Å². The molecule has 6 aromatic rings. The van der Waals surface area contributed by atoms with Crippen LogP contribution in [-0.2, 0) is 27.8 Å². The van der Waals surface area contributed by atoms with Crippen LogP contribution in [-0.4, -0.2) is 0 Å². The summed E-state index contributed by atoms with van der Waals surface area (Å²) in [6.45, 7) is 27.9. The first-order chi connectivity index (χ1) is 27.0. The molecule has 1 aromatic heterocycles. The van der Waals surface area contributed by atoms with Gasteiger partial charge < -0.3 is 17.4 Å². The van der Waals surface area contributed by atoms with E-state index in [4.69, 9.17) is 17.4 Å². The van der Waals surface area contributed by atoms with E-state index in [9.17, 15) is 0 Å². The molecule has 0 saturated heterocycles. The van der Waals surface area contributed by atoms with Crippen LogP contribution >= 0.6 is 17.0 Å². The van der Waals surface area contributed by atoms with E-state index < -0.39 is 8.24 Å². The number of hydrogen-bond acceptors (Lipinski definition) is 4. The zero-order valence-corrected chi connectivity index (χ0v) is 38.3. The Morgan fingerprint density at radius 2 is 0.930 bits per heavy atom. The fourth-order valence-electron chi connectivity index (χ4n) is 7.06. The molecule has 0 radical (unpaired) electrons. The van der Waals surface area contributed by atoms with Gasteiger partial charge in [-0.2, -0.15) is 0 Å². The lowest BCUT2D eigenvalue weighted by Crippen LogP contribution is -2.22. The Kier molecular flexibility index (Phi) is 12.8. The summed E-state index contributed by atoms with van der Waals surface area (Å²) in [7, 11) is -1.68. The molecule has 0 aliphatic carbocycles. The summed E-state index contributed by atoms with van der Waals surface area (Å²) in [6, 6.07) is 36.6. The molecular weight excluding hydrogens is 739 g/mol. The Morgan fingerprint density at radius 3 is 1.40 bits per heavy atom. The number of hydrogen-bond donors (Lipinski definition) is 0. The molecule has 0 amide bonds. The van der Waals surface area contributed by atoms with Crippen molar-refractivity contribution in [1.82, 2.24) is 0 Å². The third-order valence-corrected chi connectivity index (χ3v) is 14.8. The highest BCUT2D eigenvalue weighted by molar-refractivity contribution is 7.32. The van der Waals surface area contributed by atoms with Gasteiger partial charge in [0.25, 0.3) is 0 Å². The van der Waals surface area contributed by atoms with Crippen LogP contribution in [0.15, 0.2) is 112 Å². The molecule has 0 fully saturated rings. The first-order valence-corrected chi connectivity index (χ1v) is 23.1. The summed E-state index contributed by atoms with van der Waals surface area (Å²) in [4.78, 5) is 0. The van der Waals surface area contributed by atoms with Gasteiger partial charge in [-0.3, -0.25) is 0 Å². The second-order valence-corrected chi connectivity index (χ2v) is 20.0. The summed E-state index contributed by atoms with van der Waals surface area (Å²) >= 11 is 0. The zero-order chi connectivity index (χ0) is 41.2. The van der Waals surface area contributed by atoms with Gasteiger partial charge in [-0.15, -0.1) is 0 Å². The fraction of sp³-hybridized carbons (Fsp3) is 0.412. The average molecular weight is 803 g/mol. The lowest BCUT2D eigenvalue weighted by atomic mass is 9.72. The second-order valence-electron chi connectivity index (χ2n) is 18.1. The maximum atomic E-state index is 7.35. The lowest BCUT2D eigenvalue weighted by molar-refractivity contribution is 0.451. The molecule has 1 atom stereocenters. The minimum absolute atomic E-state index is 0.0734. The van der Waals surface area contributed by atoms with Crippen LogP contribution in [0, 0.1) is 0 Å². The predicted molar refractivity (Wildman–Crippen MR) is 247 cm³/mol. The summed E-state index contributed by atoms with van der Waals surface area (Å²) in [5.74, 6) is 1.73. The largest absolute Gasteiger partial charge is 0.476 e. The highest BCUT2D eigenvalue weighted by Crippen LogP contribution is 2.54. The molecule has 5 aromatic carbocycles. The number of rotatable bonds is 15. The molecule has 0 spiro atoms. The van der Waals surface area contributed by atoms with Crippen molar-refractivity contribution in [3.63, 3.8) is 0 Å². The minimum atomic E-state index is -1.92. The van der Waals surface area contributed by atoms with E-state index >= 15 is 0 Å². The van der Waals surface area contributed by atoms with Gasteiger partial charge in [0.15, 0.2) is 0 Å². The molecule has 57 heavy (non-hydrogen) atoms. The highest BCUT2D eigenvalue weighted by atomic mass is 31.1. The summed E-state index contributed by atoms with van der Waals surface area (Å²) in [5.41, 5.74) is 9.26. The Labute approximate surface area is 345 Å². The van der Waals surface area contributed by atoms with E-state index in [-0.39, 0.29) is 30.5 Å². The van der Waals surface area contributed by atoms with E-state index in [0.29, 0.717) is 0 Å². The molecule has 6 heteroatoms. The van der Waals surface area contributed by atoms with Gasteiger partial charge in [0.05, 0.1) is 8.81 Å². The van der Waals surface area contributed by atoms with Gasteiger partial charge in [0, 0.05) is 39.2 Å². The summed E-state index contributed by atoms with van der Waals surface area (Å²) < 4.78 is 28.1. The van der Waals surface area contributed by atoms with Gasteiger partial charge in [-0.25, -0.2) is 0 Å². The van der Waals surface area contributed by atoms with E-state index in [1.165, 1.54) is 22.3 Å². The van der Waals surface area contributed by atoms with E-state index in [2.05, 4.69) is 150 Å². The van der Waals surface area contributed by atoms with Gasteiger partial charge in [-0.1, -0.05) is 162 Å².